The summed E-state index contributed by atoms with van der Waals surface area (Å²) in [6.07, 6.45) is 14.8. The van der Waals surface area contributed by atoms with E-state index >= 15 is 0 Å². The largest absolute Gasteiger partial charge is 0.314 e. The topological polar surface area (TPSA) is 3.24 Å². The van der Waals surface area contributed by atoms with E-state index < -0.39 is 0 Å². The lowest BCUT2D eigenvalue weighted by Gasteiger charge is -2.32. The van der Waals surface area contributed by atoms with Gasteiger partial charge in [-0.3, -0.25) is 0 Å². The molecule has 0 saturated carbocycles. The van der Waals surface area contributed by atoms with Crippen LogP contribution in [-0.4, -0.2) is 0 Å². The molecule has 1 atom stereocenters. The van der Waals surface area contributed by atoms with E-state index in [0.29, 0.717) is 0 Å². The van der Waals surface area contributed by atoms with Crippen molar-refractivity contribution in [1.29, 1.82) is 0 Å². The number of aryl methyl sites for hydroxylation is 3. The molecule has 0 saturated heterocycles. The second-order valence-electron chi connectivity index (χ2n) is 13.2. The molecule has 1 aliphatic rings. The lowest BCUT2D eigenvalue weighted by Crippen LogP contribution is -2.19. The van der Waals surface area contributed by atoms with Gasteiger partial charge in [-0.1, -0.05) is 131 Å². The predicted octanol–water partition coefficient (Wildman–Crippen LogP) is 13.5. The Kier molecular flexibility index (Phi) is 10.6. The third kappa shape index (κ3) is 7.32. The van der Waals surface area contributed by atoms with Gasteiger partial charge in [-0.05, 0) is 143 Å². The maximum Gasteiger partial charge on any atom is 0.0464 e. The van der Waals surface area contributed by atoms with Crippen molar-refractivity contribution in [2.75, 3.05) is 4.90 Å². The van der Waals surface area contributed by atoms with E-state index in [1.54, 1.807) is 0 Å². The summed E-state index contributed by atoms with van der Waals surface area (Å²) < 4.78 is 0. The van der Waals surface area contributed by atoms with Crippen molar-refractivity contribution in [3.63, 3.8) is 0 Å². The minimum Gasteiger partial charge on any atom is -0.314 e. The smallest absolute Gasteiger partial charge is 0.0464 e. The van der Waals surface area contributed by atoms with Gasteiger partial charge in [-0.15, -0.1) is 0 Å². The molecule has 5 aromatic rings. The van der Waals surface area contributed by atoms with Gasteiger partial charge in [0.15, 0.2) is 0 Å². The molecule has 0 N–H and O–H groups in total. The molecule has 5 aromatic carbocycles. The Balaban J connectivity index is 1.44. The van der Waals surface area contributed by atoms with Crippen molar-refractivity contribution in [1.82, 2.24) is 0 Å². The Morgan fingerprint density at radius 3 is 2.08 bits per heavy atom. The molecule has 49 heavy (non-hydrogen) atoms. The van der Waals surface area contributed by atoms with Crippen molar-refractivity contribution < 1.29 is 0 Å². The van der Waals surface area contributed by atoms with Gasteiger partial charge in [0, 0.05) is 17.1 Å². The highest BCUT2D eigenvalue weighted by Gasteiger charge is 2.21. The van der Waals surface area contributed by atoms with Gasteiger partial charge in [0.1, 0.15) is 0 Å². The van der Waals surface area contributed by atoms with Gasteiger partial charge in [0.25, 0.3) is 0 Å². The highest BCUT2D eigenvalue weighted by molar-refractivity contribution is 5.80. The fourth-order valence-electron chi connectivity index (χ4n) is 7.27. The predicted molar refractivity (Wildman–Crippen MR) is 214 cm³/mol. The van der Waals surface area contributed by atoms with Gasteiger partial charge in [0.2, 0.25) is 0 Å². The van der Waals surface area contributed by atoms with Crippen molar-refractivity contribution >= 4 is 16.9 Å². The quantitative estimate of drug-likeness (QED) is 0.130. The van der Waals surface area contributed by atoms with E-state index in [4.69, 9.17) is 0 Å². The Morgan fingerprint density at radius 2 is 1.39 bits per heavy atom. The Morgan fingerprint density at radius 1 is 0.673 bits per heavy atom. The first-order chi connectivity index (χ1) is 23.9. The molecule has 0 heterocycles. The van der Waals surface area contributed by atoms with Gasteiger partial charge in [-0.25, -0.2) is 0 Å². The van der Waals surface area contributed by atoms with Crippen LogP contribution in [0, 0.1) is 13.8 Å². The minimum atomic E-state index is 0.283. The average molecular weight is 640 g/mol. The number of anilines is 2. The van der Waals surface area contributed by atoms with Crippen LogP contribution in [-0.2, 0) is 12.8 Å². The van der Waals surface area contributed by atoms with Gasteiger partial charge in [-0.2, -0.15) is 0 Å². The van der Waals surface area contributed by atoms with E-state index in [9.17, 15) is 0 Å². The summed E-state index contributed by atoms with van der Waals surface area (Å²) in [4.78, 5) is 2.49. The zero-order valence-corrected chi connectivity index (χ0v) is 29.8. The molecule has 6 rings (SSSR count). The van der Waals surface area contributed by atoms with Crippen LogP contribution >= 0.6 is 0 Å². The molecular weight excluding hydrogens is 591 g/mol. The van der Waals surface area contributed by atoms with Crippen LogP contribution in [0.3, 0.4) is 0 Å². The molecule has 1 unspecified atom stereocenters. The first-order valence-corrected chi connectivity index (χ1v) is 17.9. The monoisotopic (exact) mass is 639 g/mol. The van der Waals surface area contributed by atoms with Crippen molar-refractivity contribution in [2.24, 2.45) is 0 Å². The number of nitrogens with zero attached hydrogens (tertiary/aromatic N) is 1. The Bertz CT molecular complexity index is 2020. The molecule has 0 aliphatic heterocycles. The molecule has 0 spiro atoms. The maximum atomic E-state index is 3.91. The zero-order chi connectivity index (χ0) is 34.3. The van der Waals surface area contributed by atoms with Crippen LogP contribution in [0.4, 0.5) is 11.4 Å². The third-order valence-corrected chi connectivity index (χ3v) is 10.1. The first-order valence-electron chi connectivity index (χ1n) is 17.9. The van der Waals surface area contributed by atoms with Crippen molar-refractivity contribution in [3.8, 4) is 22.3 Å². The van der Waals surface area contributed by atoms with Gasteiger partial charge < -0.3 is 4.90 Å². The highest BCUT2D eigenvalue weighted by atomic mass is 15.1. The van der Waals surface area contributed by atoms with Crippen LogP contribution in [0.5, 0.6) is 0 Å². The average Bonchev–Trinajstić information content (AvgIpc) is 3.15. The maximum absolute atomic E-state index is 3.91. The summed E-state index contributed by atoms with van der Waals surface area (Å²) in [7, 11) is 0. The minimum absolute atomic E-state index is 0.283. The van der Waals surface area contributed by atoms with Crippen LogP contribution in [0.25, 0.3) is 27.8 Å². The van der Waals surface area contributed by atoms with Crippen LogP contribution < -0.4 is 4.90 Å². The fourth-order valence-corrected chi connectivity index (χ4v) is 7.27. The highest BCUT2D eigenvalue weighted by Crippen LogP contribution is 2.40. The Hall–Kier alpha value is -5.14. The number of benzene rings is 5. The molecule has 0 bridgehead atoms. The van der Waals surface area contributed by atoms with E-state index in [1.165, 1.54) is 78.3 Å². The summed E-state index contributed by atoms with van der Waals surface area (Å²) in [5.41, 5.74) is 18.4. The lowest BCUT2D eigenvalue weighted by molar-refractivity contribution is 0.913. The van der Waals surface area contributed by atoms with Gasteiger partial charge in [0.05, 0.1) is 0 Å². The van der Waals surface area contributed by atoms with Crippen LogP contribution in [0.1, 0.15) is 72.9 Å². The summed E-state index contributed by atoms with van der Waals surface area (Å²) in [5.74, 6) is 0.283. The fraction of sp³-hybridized carbons (Fsp3) is 0.208. The van der Waals surface area contributed by atoms with E-state index in [2.05, 4.69) is 180 Å². The van der Waals surface area contributed by atoms with E-state index in [1.807, 2.05) is 6.08 Å². The molecule has 1 aliphatic carbocycles. The molecule has 0 radical (unpaired) electrons. The summed E-state index contributed by atoms with van der Waals surface area (Å²) in [5, 5.41) is 0. The second kappa shape index (κ2) is 15.4. The number of hydrogen-bond acceptors (Lipinski definition) is 1. The normalized spacial score (nSPS) is 13.6. The van der Waals surface area contributed by atoms with Crippen LogP contribution in [0.15, 0.2) is 152 Å². The van der Waals surface area contributed by atoms with Crippen molar-refractivity contribution in [3.05, 3.63) is 185 Å². The number of rotatable bonds is 11. The second-order valence-corrected chi connectivity index (χ2v) is 13.2. The molecule has 246 valence electrons. The van der Waals surface area contributed by atoms with E-state index in [-0.39, 0.29) is 5.92 Å². The molecule has 1 nitrogen and oxygen atoms in total. The van der Waals surface area contributed by atoms with Crippen LogP contribution in [0.2, 0.25) is 0 Å². The standard InChI is InChI=1S/C48H49N/c1-7-10-16-34(4)47-33-45(31-38(9-3)36(47)6)49(43-27-23-40(24-28-43)39-18-12-11-13-19-39)44-29-25-41(26-30-44)42-22-21-35(5)48(32-42)46-20-15-14-17-37(46)8-2/h7,10-23,25-27,29-34H,1,8-9,24,28H2,2-6H3/b16-10-. The summed E-state index contributed by atoms with van der Waals surface area (Å²) >= 11 is 0. The number of allylic oxidation sites excluding steroid dienone is 7. The lowest BCUT2D eigenvalue weighted by atomic mass is 9.90. The summed E-state index contributed by atoms with van der Waals surface area (Å²) in [6, 6.07) is 40.5. The molecule has 0 fully saturated rings. The van der Waals surface area contributed by atoms with Crippen molar-refractivity contribution in [2.45, 2.75) is 66.2 Å². The molecular formula is C48H49N. The SMILES string of the molecule is C=C/C=C\C(C)c1cc(N(C2=CC=C(c3ccccc3)CC2)c2ccc(-c3ccc(C)c(-c4ccccc4CC)c3)cc2)cc(CC)c1C. The first kappa shape index (κ1) is 33.7. The zero-order valence-electron chi connectivity index (χ0n) is 29.8. The summed E-state index contributed by atoms with van der Waals surface area (Å²) in [6.45, 7) is 15.2. The molecule has 1 heteroatoms. The van der Waals surface area contributed by atoms with E-state index in [0.717, 1.165) is 25.7 Å². The third-order valence-electron chi connectivity index (χ3n) is 10.1. The number of hydrogen-bond donors (Lipinski definition) is 0. The van der Waals surface area contributed by atoms with Gasteiger partial charge >= 0.3 is 0 Å². The Labute approximate surface area is 294 Å². The molecule has 0 amide bonds. The molecule has 0 aromatic heterocycles.